The summed E-state index contributed by atoms with van der Waals surface area (Å²) in [6, 6.07) is 8.50. The summed E-state index contributed by atoms with van der Waals surface area (Å²) in [6.45, 7) is 4.47. The predicted octanol–water partition coefficient (Wildman–Crippen LogP) is 3.91. The lowest BCUT2D eigenvalue weighted by Crippen LogP contribution is -1.92. The monoisotopic (exact) mass is 258 g/mol. The van der Waals surface area contributed by atoms with Crippen LogP contribution >= 0.6 is 15.9 Å². The Balaban J connectivity index is 0.000000500. The van der Waals surface area contributed by atoms with Gasteiger partial charge in [0.2, 0.25) is 0 Å². The Morgan fingerprint density at radius 3 is 2.29 bits per heavy atom. The first-order valence-electron chi connectivity index (χ1n) is 4.74. The van der Waals surface area contributed by atoms with Gasteiger partial charge in [-0.1, -0.05) is 41.9 Å². The van der Waals surface area contributed by atoms with Crippen LogP contribution in [0.1, 0.15) is 19.4 Å². The van der Waals surface area contributed by atoms with Crippen LogP contribution in [0.25, 0.3) is 0 Å². The SMILES string of the molecule is CC(C)Cc1cccc(Br)c1.COC. The molecule has 1 aromatic carbocycles. The highest BCUT2D eigenvalue weighted by atomic mass is 79.9. The second-order valence-corrected chi connectivity index (χ2v) is 4.55. The zero-order valence-electron chi connectivity index (χ0n) is 9.38. The Morgan fingerprint density at radius 2 is 1.86 bits per heavy atom. The van der Waals surface area contributed by atoms with Gasteiger partial charge in [0.25, 0.3) is 0 Å². The van der Waals surface area contributed by atoms with Gasteiger partial charge in [0.05, 0.1) is 0 Å². The highest BCUT2D eigenvalue weighted by Gasteiger charge is 1.96. The molecule has 0 unspecified atom stereocenters. The van der Waals surface area contributed by atoms with Crippen molar-refractivity contribution in [2.75, 3.05) is 14.2 Å². The first kappa shape index (κ1) is 13.7. The minimum absolute atomic E-state index is 0.740. The van der Waals surface area contributed by atoms with E-state index in [0.717, 1.165) is 5.92 Å². The van der Waals surface area contributed by atoms with Gasteiger partial charge in [0, 0.05) is 18.7 Å². The fourth-order valence-corrected chi connectivity index (χ4v) is 1.58. The molecule has 0 N–H and O–H groups in total. The number of hydrogen-bond donors (Lipinski definition) is 0. The summed E-state index contributed by atoms with van der Waals surface area (Å²) in [6.07, 6.45) is 1.17. The van der Waals surface area contributed by atoms with E-state index in [-0.39, 0.29) is 0 Å². The van der Waals surface area contributed by atoms with Gasteiger partial charge in [-0.25, -0.2) is 0 Å². The molecule has 1 nitrogen and oxygen atoms in total. The molecule has 1 rings (SSSR count). The molecular weight excluding hydrogens is 240 g/mol. The number of halogens is 1. The molecule has 0 saturated heterocycles. The second-order valence-electron chi connectivity index (χ2n) is 3.64. The van der Waals surface area contributed by atoms with Crippen LogP contribution in [0.15, 0.2) is 28.7 Å². The Morgan fingerprint density at radius 1 is 1.29 bits per heavy atom. The minimum Gasteiger partial charge on any atom is -0.388 e. The van der Waals surface area contributed by atoms with Gasteiger partial charge in [-0.05, 0) is 30.0 Å². The Hall–Kier alpha value is -0.340. The third-order valence-electron chi connectivity index (χ3n) is 1.53. The molecule has 14 heavy (non-hydrogen) atoms. The van der Waals surface area contributed by atoms with Gasteiger partial charge >= 0.3 is 0 Å². The van der Waals surface area contributed by atoms with Crippen molar-refractivity contribution >= 4 is 15.9 Å². The molecule has 80 valence electrons. The van der Waals surface area contributed by atoms with Gasteiger partial charge in [0.1, 0.15) is 0 Å². The van der Waals surface area contributed by atoms with Gasteiger partial charge in [0.15, 0.2) is 0 Å². The molecule has 0 aliphatic rings. The summed E-state index contributed by atoms with van der Waals surface area (Å²) in [5.74, 6) is 0.740. The fraction of sp³-hybridized carbons (Fsp3) is 0.500. The summed E-state index contributed by atoms with van der Waals surface area (Å²) in [5, 5.41) is 0. The van der Waals surface area contributed by atoms with Gasteiger partial charge in [-0.2, -0.15) is 0 Å². The first-order chi connectivity index (χ1) is 6.60. The summed E-state index contributed by atoms with van der Waals surface area (Å²) in [5.41, 5.74) is 1.41. The zero-order valence-corrected chi connectivity index (χ0v) is 11.0. The van der Waals surface area contributed by atoms with E-state index in [1.165, 1.54) is 16.5 Å². The molecule has 0 fully saturated rings. The van der Waals surface area contributed by atoms with Gasteiger partial charge in [-0.3, -0.25) is 0 Å². The van der Waals surface area contributed by atoms with Crippen LogP contribution in [0.4, 0.5) is 0 Å². The summed E-state index contributed by atoms with van der Waals surface area (Å²) in [4.78, 5) is 0. The van der Waals surface area contributed by atoms with Crippen LogP contribution in [-0.2, 0) is 11.2 Å². The van der Waals surface area contributed by atoms with Gasteiger partial charge in [-0.15, -0.1) is 0 Å². The molecule has 2 heteroatoms. The van der Waals surface area contributed by atoms with Crippen molar-refractivity contribution in [3.05, 3.63) is 34.3 Å². The van der Waals surface area contributed by atoms with E-state index in [0.29, 0.717) is 0 Å². The van der Waals surface area contributed by atoms with Gasteiger partial charge < -0.3 is 4.74 Å². The molecule has 0 aliphatic carbocycles. The largest absolute Gasteiger partial charge is 0.388 e. The lowest BCUT2D eigenvalue weighted by Gasteiger charge is -2.04. The van der Waals surface area contributed by atoms with E-state index in [9.17, 15) is 0 Å². The van der Waals surface area contributed by atoms with Crippen LogP contribution in [0.3, 0.4) is 0 Å². The number of hydrogen-bond acceptors (Lipinski definition) is 1. The predicted molar refractivity (Wildman–Crippen MR) is 65.6 cm³/mol. The lowest BCUT2D eigenvalue weighted by molar-refractivity contribution is 0.277. The Labute approximate surface area is 95.6 Å². The van der Waals surface area contributed by atoms with E-state index in [2.05, 4.69) is 58.8 Å². The Bertz CT molecular complexity index is 246. The van der Waals surface area contributed by atoms with Crippen LogP contribution in [0, 0.1) is 5.92 Å². The van der Waals surface area contributed by atoms with E-state index in [4.69, 9.17) is 0 Å². The maximum atomic E-state index is 4.25. The third kappa shape index (κ3) is 7.10. The molecule has 0 aromatic heterocycles. The normalized spacial score (nSPS) is 9.57. The minimum atomic E-state index is 0.740. The topological polar surface area (TPSA) is 9.23 Å². The van der Waals surface area contributed by atoms with E-state index >= 15 is 0 Å². The third-order valence-corrected chi connectivity index (χ3v) is 2.03. The second kappa shape index (κ2) is 8.01. The highest BCUT2D eigenvalue weighted by molar-refractivity contribution is 9.10. The quantitative estimate of drug-likeness (QED) is 0.782. The average Bonchev–Trinajstić information content (AvgIpc) is 2.03. The maximum absolute atomic E-state index is 4.25. The van der Waals surface area contributed by atoms with Crippen LogP contribution in [0.2, 0.25) is 0 Å². The molecule has 1 aromatic rings. The molecule has 0 spiro atoms. The van der Waals surface area contributed by atoms with Crippen molar-refractivity contribution in [1.29, 1.82) is 0 Å². The number of ether oxygens (including phenoxy) is 1. The van der Waals surface area contributed by atoms with Crippen molar-refractivity contribution in [3.63, 3.8) is 0 Å². The van der Waals surface area contributed by atoms with Crippen molar-refractivity contribution in [2.45, 2.75) is 20.3 Å². The molecule has 0 bridgehead atoms. The molecule has 0 saturated carbocycles. The lowest BCUT2D eigenvalue weighted by atomic mass is 10.0. The van der Waals surface area contributed by atoms with Crippen LogP contribution in [-0.4, -0.2) is 14.2 Å². The van der Waals surface area contributed by atoms with E-state index in [1.807, 2.05) is 0 Å². The standard InChI is InChI=1S/C10H13Br.C2H6O/c1-8(2)6-9-4-3-5-10(11)7-9;1-3-2/h3-5,7-8H,6H2,1-2H3;1-2H3. The molecule has 0 radical (unpaired) electrons. The van der Waals surface area contributed by atoms with Crippen LogP contribution < -0.4 is 0 Å². The molecule has 0 heterocycles. The maximum Gasteiger partial charge on any atom is 0.0351 e. The zero-order chi connectivity index (χ0) is 11.0. The molecular formula is C12H19BrO. The number of methoxy groups -OCH3 is 1. The summed E-state index contributed by atoms with van der Waals surface area (Å²) in [7, 11) is 3.25. The molecule has 0 amide bonds. The van der Waals surface area contributed by atoms with Crippen molar-refractivity contribution in [2.24, 2.45) is 5.92 Å². The summed E-state index contributed by atoms with van der Waals surface area (Å²) >= 11 is 3.45. The summed E-state index contributed by atoms with van der Waals surface area (Å²) < 4.78 is 5.43. The number of rotatable bonds is 2. The smallest absolute Gasteiger partial charge is 0.0351 e. The molecule has 0 atom stereocenters. The highest BCUT2D eigenvalue weighted by Crippen LogP contribution is 2.14. The first-order valence-corrected chi connectivity index (χ1v) is 5.54. The molecule has 0 aliphatic heterocycles. The van der Waals surface area contributed by atoms with Crippen molar-refractivity contribution < 1.29 is 4.74 Å². The number of benzene rings is 1. The van der Waals surface area contributed by atoms with Crippen LogP contribution in [0.5, 0.6) is 0 Å². The van der Waals surface area contributed by atoms with Crippen molar-refractivity contribution in [1.82, 2.24) is 0 Å². The fourth-order valence-electron chi connectivity index (χ4n) is 1.14. The van der Waals surface area contributed by atoms with E-state index in [1.54, 1.807) is 14.2 Å². The average molecular weight is 259 g/mol. The Kier molecular flexibility index (Phi) is 7.81. The van der Waals surface area contributed by atoms with E-state index < -0.39 is 0 Å². The van der Waals surface area contributed by atoms with Crippen molar-refractivity contribution in [3.8, 4) is 0 Å².